The fourth-order valence-electron chi connectivity index (χ4n) is 4.34. The minimum absolute atomic E-state index is 0.00760. The number of aryl methyl sites for hydroxylation is 1. The number of amides is 2. The van der Waals surface area contributed by atoms with Crippen LogP contribution in [-0.4, -0.2) is 45.7 Å². The molecule has 3 aromatic rings. The molecule has 9 heteroatoms. The van der Waals surface area contributed by atoms with Crippen LogP contribution in [0.15, 0.2) is 59.1 Å². The highest BCUT2D eigenvalue weighted by molar-refractivity contribution is 5.91. The van der Waals surface area contributed by atoms with Gasteiger partial charge in [-0.15, -0.1) is 0 Å². The van der Waals surface area contributed by atoms with E-state index in [0.717, 1.165) is 5.56 Å². The van der Waals surface area contributed by atoms with Gasteiger partial charge >= 0.3 is 0 Å². The molecule has 1 unspecified atom stereocenters. The number of benzene rings is 2. The standard InChI is InChI=1S/C26H28FN3O5/c1-15(2)24(23-11-16(3)28-35-23)26(33)30-14-18(31)12-22(30)25(32)29-34-19-9-10-20(21(27)13-19)17-7-5-4-6-8-17/h4-11,13,15,18,22,24,31H,12,14H2,1-3H3,(H,29,32)/t18-,22+,24?/m1/s1. The molecule has 2 aromatic carbocycles. The van der Waals surface area contributed by atoms with Crippen molar-refractivity contribution in [2.75, 3.05) is 6.54 Å². The third-order valence-corrected chi connectivity index (χ3v) is 6.04. The normalized spacial score (nSPS) is 18.5. The molecule has 8 nitrogen and oxygen atoms in total. The highest BCUT2D eigenvalue weighted by Crippen LogP contribution is 2.31. The first-order valence-corrected chi connectivity index (χ1v) is 11.5. The second-order valence-electron chi connectivity index (χ2n) is 9.06. The molecule has 35 heavy (non-hydrogen) atoms. The lowest BCUT2D eigenvalue weighted by Gasteiger charge is -2.28. The van der Waals surface area contributed by atoms with Gasteiger partial charge in [0, 0.05) is 30.7 Å². The van der Waals surface area contributed by atoms with E-state index in [1.807, 2.05) is 32.0 Å². The maximum atomic E-state index is 14.6. The summed E-state index contributed by atoms with van der Waals surface area (Å²) in [6.07, 6.45) is -0.802. The predicted octanol–water partition coefficient (Wildman–Crippen LogP) is 3.60. The van der Waals surface area contributed by atoms with Crippen LogP contribution < -0.4 is 10.3 Å². The Kier molecular flexibility index (Phi) is 7.16. The van der Waals surface area contributed by atoms with Crippen LogP contribution in [0, 0.1) is 18.7 Å². The Morgan fingerprint density at radius 3 is 2.57 bits per heavy atom. The molecule has 2 N–H and O–H groups in total. The van der Waals surface area contributed by atoms with E-state index in [0.29, 0.717) is 17.0 Å². The first-order chi connectivity index (χ1) is 16.7. The average molecular weight is 482 g/mol. The number of hydrogen-bond acceptors (Lipinski definition) is 6. The molecule has 0 radical (unpaired) electrons. The van der Waals surface area contributed by atoms with Crippen molar-refractivity contribution in [3.8, 4) is 16.9 Å². The van der Waals surface area contributed by atoms with Crippen molar-refractivity contribution in [2.45, 2.75) is 45.3 Å². The lowest BCUT2D eigenvalue weighted by Crippen LogP contribution is -2.48. The number of aliphatic hydroxyl groups is 1. The second-order valence-corrected chi connectivity index (χ2v) is 9.06. The summed E-state index contributed by atoms with van der Waals surface area (Å²) in [4.78, 5) is 33.0. The van der Waals surface area contributed by atoms with Gasteiger partial charge in [0.25, 0.3) is 5.91 Å². The Labute approximate surface area is 202 Å². The molecule has 1 aliphatic rings. The molecule has 0 bridgehead atoms. The van der Waals surface area contributed by atoms with Gasteiger partial charge in [0.2, 0.25) is 5.91 Å². The molecule has 1 fully saturated rings. The number of rotatable bonds is 7. The van der Waals surface area contributed by atoms with Crippen LogP contribution in [0.2, 0.25) is 0 Å². The van der Waals surface area contributed by atoms with E-state index < -0.39 is 29.8 Å². The maximum Gasteiger partial charge on any atom is 0.275 e. The minimum atomic E-state index is -0.948. The van der Waals surface area contributed by atoms with E-state index in [9.17, 15) is 19.1 Å². The van der Waals surface area contributed by atoms with Gasteiger partial charge in [-0.3, -0.25) is 9.59 Å². The topological polar surface area (TPSA) is 105 Å². The van der Waals surface area contributed by atoms with Crippen LogP contribution in [0.25, 0.3) is 11.1 Å². The summed E-state index contributed by atoms with van der Waals surface area (Å²) < 4.78 is 19.9. The Bertz CT molecular complexity index is 1200. The summed E-state index contributed by atoms with van der Waals surface area (Å²) in [5.41, 5.74) is 4.07. The molecular weight excluding hydrogens is 453 g/mol. The van der Waals surface area contributed by atoms with Gasteiger partial charge in [0.05, 0.1) is 11.8 Å². The monoisotopic (exact) mass is 481 g/mol. The Morgan fingerprint density at radius 1 is 1.20 bits per heavy atom. The van der Waals surface area contributed by atoms with Gasteiger partial charge in [-0.1, -0.05) is 49.3 Å². The molecule has 4 rings (SSSR count). The van der Waals surface area contributed by atoms with Crippen LogP contribution >= 0.6 is 0 Å². The number of aromatic nitrogens is 1. The molecule has 3 atom stereocenters. The van der Waals surface area contributed by atoms with Crippen molar-refractivity contribution in [1.82, 2.24) is 15.5 Å². The molecule has 0 aliphatic carbocycles. The van der Waals surface area contributed by atoms with Gasteiger partial charge in [-0.25, -0.2) is 4.39 Å². The molecule has 184 valence electrons. The summed E-state index contributed by atoms with van der Waals surface area (Å²) in [7, 11) is 0. The fraction of sp³-hybridized carbons (Fsp3) is 0.346. The Hall–Kier alpha value is -3.72. The smallest absolute Gasteiger partial charge is 0.275 e. The molecule has 1 saturated heterocycles. The number of likely N-dealkylation sites (tertiary alicyclic amines) is 1. The lowest BCUT2D eigenvalue weighted by molar-refractivity contribution is -0.143. The Balaban J connectivity index is 1.45. The summed E-state index contributed by atoms with van der Waals surface area (Å²) in [6.45, 7) is 5.52. The number of hydrogen-bond donors (Lipinski definition) is 2. The van der Waals surface area contributed by atoms with E-state index in [4.69, 9.17) is 9.36 Å². The zero-order valence-electron chi connectivity index (χ0n) is 19.8. The van der Waals surface area contributed by atoms with Crippen molar-refractivity contribution in [3.63, 3.8) is 0 Å². The van der Waals surface area contributed by atoms with Crippen LogP contribution in [0.5, 0.6) is 5.75 Å². The largest absolute Gasteiger partial charge is 0.391 e. The van der Waals surface area contributed by atoms with E-state index in [1.165, 1.54) is 11.0 Å². The van der Waals surface area contributed by atoms with Gasteiger partial charge in [-0.05, 0) is 30.5 Å². The number of nitrogens with one attached hydrogen (secondary N) is 1. The van der Waals surface area contributed by atoms with Crippen LogP contribution in [-0.2, 0) is 9.59 Å². The number of nitrogens with zero attached hydrogens (tertiary/aromatic N) is 2. The zero-order chi connectivity index (χ0) is 25.1. The number of β-amino-alcohol motifs (C(OH)–C–C–N with tert-alkyl or cyclic N) is 1. The zero-order valence-corrected chi connectivity index (χ0v) is 19.8. The number of halogens is 1. The summed E-state index contributed by atoms with van der Waals surface area (Å²) in [5.74, 6) is -1.73. The van der Waals surface area contributed by atoms with Crippen molar-refractivity contribution in [2.24, 2.45) is 5.92 Å². The molecular formula is C26H28FN3O5. The number of carbonyl (C=O) groups excluding carboxylic acids is 2. The fourth-order valence-corrected chi connectivity index (χ4v) is 4.34. The SMILES string of the molecule is Cc1cc(C(C(=O)N2C[C@H](O)C[C@H]2C(=O)NOc2ccc(-c3ccccc3)c(F)c2)C(C)C)on1. The van der Waals surface area contributed by atoms with Gasteiger partial charge < -0.3 is 19.4 Å². The van der Waals surface area contributed by atoms with Crippen LogP contribution in [0.1, 0.15) is 37.6 Å². The minimum Gasteiger partial charge on any atom is -0.391 e. The summed E-state index contributed by atoms with van der Waals surface area (Å²) >= 11 is 0. The molecule has 1 aliphatic heterocycles. The number of carbonyl (C=O) groups is 2. The molecule has 1 aromatic heterocycles. The predicted molar refractivity (Wildman–Crippen MR) is 126 cm³/mol. The summed E-state index contributed by atoms with van der Waals surface area (Å²) in [5, 5.41) is 14.1. The van der Waals surface area contributed by atoms with Gasteiger partial charge in [-0.2, -0.15) is 5.48 Å². The van der Waals surface area contributed by atoms with Crippen molar-refractivity contribution in [1.29, 1.82) is 0 Å². The van der Waals surface area contributed by atoms with Crippen molar-refractivity contribution < 1.29 is 28.4 Å². The third-order valence-electron chi connectivity index (χ3n) is 6.04. The molecule has 2 heterocycles. The highest BCUT2D eigenvalue weighted by atomic mass is 19.1. The molecule has 2 amide bonds. The van der Waals surface area contributed by atoms with Gasteiger partial charge in [0.15, 0.2) is 5.75 Å². The van der Waals surface area contributed by atoms with Gasteiger partial charge in [0.1, 0.15) is 23.5 Å². The maximum absolute atomic E-state index is 14.6. The second kappa shape index (κ2) is 10.3. The van der Waals surface area contributed by atoms with Crippen molar-refractivity contribution >= 4 is 11.8 Å². The lowest BCUT2D eigenvalue weighted by atomic mass is 9.91. The van der Waals surface area contributed by atoms with E-state index in [1.54, 1.807) is 37.3 Å². The molecule has 0 saturated carbocycles. The number of aliphatic hydroxyl groups excluding tert-OH is 1. The van der Waals surface area contributed by atoms with E-state index in [-0.39, 0.29) is 30.5 Å². The summed E-state index contributed by atoms with van der Waals surface area (Å²) in [6, 6.07) is 14.1. The van der Waals surface area contributed by atoms with Crippen LogP contribution in [0.3, 0.4) is 0 Å². The Morgan fingerprint density at radius 2 is 1.94 bits per heavy atom. The van der Waals surface area contributed by atoms with Crippen molar-refractivity contribution in [3.05, 3.63) is 71.9 Å². The quantitative estimate of drug-likeness (QED) is 0.500. The van der Waals surface area contributed by atoms with E-state index >= 15 is 0 Å². The van der Waals surface area contributed by atoms with E-state index in [2.05, 4.69) is 10.6 Å². The highest BCUT2D eigenvalue weighted by Gasteiger charge is 2.43. The van der Waals surface area contributed by atoms with Crippen LogP contribution in [0.4, 0.5) is 4.39 Å². The molecule has 0 spiro atoms. The first-order valence-electron chi connectivity index (χ1n) is 11.5. The third kappa shape index (κ3) is 5.35. The average Bonchev–Trinajstić information content (AvgIpc) is 3.43. The first kappa shape index (κ1) is 24.4. The number of hydroxylamine groups is 1.